The third-order valence-corrected chi connectivity index (χ3v) is 5.60. The Labute approximate surface area is 186 Å². The summed E-state index contributed by atoms with van der Waals surface area (Å²) in [5.41, 5.74) is 4.42. The highest BCUT2D eigenvalue weighted by atomic mass is 35.5. The fraction of sp³-hybridized carbons (Fsp3) is 0.280. The average molecular weight is 436 g/mol. The molecule has 0 atom stereocenters. The van der Waals surface area contributed by atoms with Gasteiger partial charge in [0.05, 0.1) is 23.9 Å². The van der Waals surface area contributed by atoms with E-state index in [1.54, 1.807) is 27.5 Å². The van der Waals surface area contributed by atoms with Gasteiger partial charge in [-0.1, -0.05) is 56.6 Å². The maximum Gasteiger partial charge on any atom is 0.276 e. The van der Waals surface area contributed by atoms with Crippen molar-refractivity contribution < 1.29 is 4.74 Å². The third-order valence-electron chi connectivity index (χ3n) is 5.30. The zero-order chi connectivity index (χ0) is 22.2. The summed E-state index contributed by atoms with van der Waals surface area (Å²) in [6.07, 6.45) is 3.58. The Hall–Kier alpha value is -3.05. The summed E-state index contributed by atoms with van der Waals surface area (Å²) in [5, 5.41) is 5.07. The van der Waals surface area contributed by atoms with Gasteiger partial charge >= 0.3 is 0 Å². The average Bonchev–Trinajstić information content (AvgIpc) is 3.17. The molecule has 0 aliphatic carbocycles. The van der Waals surface area contributed by atoms with Crippen LogP contribution in [-0.4, -0.2) is 20.8 Å². The molecule has 0 saturated heterocycles. The van der Waals surface area contributed by atoms with E-state index >= 15 is 0 Å². The lowest BCUT2D eigenvalue weighted by Crippen LogP contribution is -2.21. The highest BCUT2D eigenvalue weighted by molar-refractivity contribution is 6.32. The Morgan fingerprint density at radius 3 is 2.42 bits per heavy atom. The first-order valence-corrected chi connectivity index (χ1v) is 10.7. The molecular weight excluding hydrogens is 410 g/mol. The van der Waals surface area contributed by atoms with Gasteiger partial charge in [0.1, 0.15) is 11.3 Å². The van der Waals surface area contributed by atoms with Crippen LogP contribution in [0.5, 0.6) is 5.75 Å². The quantitative estimate of drug-likeness (QED) is 0.412. The highest BCUT2D eigenvalue weighted by Crippen LogP contribution is 2.30. The number of hydrogen-bond donors (Lipinski definition) is 0. The number of hydrogen-bond acceptors (Lipinski definition) is 3. The second kappa shape index (κ2) is 8.23. The Morgan fingerprint density at radius 2 is 1.77 bits per heavy atom. The topological polar surface area (TPSA) is 48.5 Å². The summed E-state index contributed by atoms with van der Waals surface area (Å²) in [7, 11) is 0. The van der Waals surface area contributed by atoms with Gasteiger partial charge in [0.15, 0.2) is 0 Å². The van der Waals surface area contributed by atoms with Crippen LogP contribution in [0, 0.1) is 0 Å². The first kappa shape index (κ1) is 21.2. The number of benzene rings is 2. The molecule has 4 rings (SSSR count). The fourth-order valence-electron chi connectivity index (χ4n) is 3.53. The molecule has 0 bridgehead atoms. The van der Waals surface area contributed by atoms with E-state index in [9.17, 15) is 4.79 Å². The van der Waals surface area contributed by atoms with E-state index in [4.69, 9.17) is 16.3 Å². The molecule has 0 spiro atoms. The second-order valence-corrected chi connectivity index (χ2v) is 9.02. The monoisotopic (exact) mass is 435 g/mol. The first-order valence-electron chi connectivity index (χ1n) is 10.4. The zero-order valence-corrected chi connectivity index (χ0v) is 19.0. The van der Waals surface area contributed by atoms with Crippen LogP contribution in [0.3, 0.4) is 0 Å². The van der Waals surface area contributed by atoms with E-state index in [2.05, 4.69) is 50.1 Å². The lowest BCUT2D eigenvalue weighted by atomic mass is 9.87. The van der Waals surface area contributed by atoms with Crippen LogP contribution in [0.2, 0.25) is 5.02 Å². The van der Waals surface area contributed by atoms with Crippen LogP contribution in [0.15, 0.2) is 65.7 Å². The zero-order valence-electron chi connectivity index (χ0n) is 18.2. The van der Waals surface area contributed by atoms with Crippen LogP contribution < -0.4 is 10.3 Å². The van der Waals surface area contributed by atoms with Crippen LogP contribution in [0.4, 0.5) is 0 Å². The summed E-state index contributed by atoms with van der Waals surface area (Å²) in [4.78, 5) is 13.1. The summed E-state index contributed by atoms with van der Waals surface area (Å²) in [5.74, 6) is 0.636. The Kier molecular flexibility index (Phi) is 5.63. The minimum atomic E-state index is -0.0850. The minimum Gasteiger partial charge on any atom is -0.492 e. The Balaban J connectivity index is 1.64. The number of aromatic nitrogens is 3. The summed E-state index contributed by atoms with van der Waals surface area (Å²) in [6.45, 7) is 9.54. The molecule has 2 heterocycles. The van der Waals surface area contributed by atoms with Gasteiger partial charge in [-0.2, -0.15) is 5.10 Å². The standard InChI is InChI=1S/C25H26ClN3O2/c1-5-31-23-11-8-18(14-20(23)26)21-15-22-24(30)28(12-13-29(22)27-21)16-17-6-9-19(10-7-17)25(2,3)4/h6-15H,5,16H2,1-4H3. The van der Waals surface area contributed by atoms with Crippen molar-refractivity contribution >= 4 is 17.1 Å². The van der Waals surface area contributed by atoms with Crippen LogP contribution in [0.1, 0.15) is 38.8 Å². The largest absolute Gasteiger partial charge is 0.492 e. The van der Waals surface area contributed by atoms with Gasteiger partial charge in [-0.3, -0.25) is 4.79 Å². The molecule has 5 nitrogen and oxygen atoms in total. The molecule has 4 aromatic rings. The molecule has 31 heavy (non-hydrogen) atoms. The molecule has 0 amide bonds. The van der Waals surface area contributed by atoms with Gasteiger partial charge in [0, 0.05) is 18.0 Å². The predicted molar refractivity (Wildman–Crippen MR) is 125 cm³/mol. The number of fused-ring (bicyclic) bond motifs is 1. The van der Waals surface area contributed by atoms with Crippen LogP contribution in [0.25, 0.3) is 16.8 Å². The molecule has 0 aliphatic heterocycles. The maximum absolute atomic E-state index is 13.1. The predicted octanol–water partition coefficient (Wildman–Crippen LogP) is 5.56. The van der Waals surface area contributed by atoms with Crippen LogP contribution >= 0.6 is 11.6 Å². The van der Waals surface area contributed by atoms with Gasteiger partial charge < -0.3 is 9.30 Å². The van der Waals surface area contributed by atoms with E-state index < -0.39 is 0 Å². The van der Waals surface area contributed by atoms with Crippen LogP contribution in [-0.2, 0) is 12.0 Å². The molecule has 0 N–H and O–H groups in total. The number of nitrogens with zero attached hydrogens (tertiary/aromatic N) is 3. The molecule has 0 saturated carbocycles. The summed E-state index contributed by atoms with van der Waals surface area (Å²) < 4.78 is 8.81. The third kappa shape index (κ3) is 4.37. The molecular formula is C25H26ClN3O2. The number of rotatable bonds is 5. The van der Waals surface area contributed by atoms with E-state index in [0.29, 0.717) is 35.1 Å². The normalized spacial score (nSPS) is 11.8. The van der Waals surface area contributed by atoms with E-state index in [-0.39, 0.29) is 11.0 Å². The van der Waals surface area contributed by atoms with Gasteiger partial charge in [-0.15, -0.1) is 0 Å². The minimum absolute atomic E-state index is 0.0850. The molecule has 0 aliphatic rings. The summed E-state index contributed by atoms with van der Waals surface area (Å²) >= 11 is 6.32. The van der Waals surface area contributed by atoms with Crippen molar-refractivity contribution in [2.24, 2.45) is 0 Å². The van der Waals surface area contributed by atoms with Crippen molar-refractivity contribution in [3.8, 4) is 17.0 Å². The smallest absolute Gasteiger partial charge is 0.276 e. The maximum atomic E-state index is 13.1. The SMILES string of the molecule is CCOc1ccc(-c2cc3c(=O)n(Cc4ccc(C(C)(C)C)cc4)ccn3n2)cc1Cl. The van der Waals surface area contributed by atoms with E-state index in [0.717, 1.165) is 11.1 Å². The number of ether oxygens (including phenoxy) is 1. The van der Waals surface area contributed by atoms with Crippen molar-refractivity contribution in [1.82, 2.24) is 14.2 Å². The molecule has 2 aromatic heterocycles. The lowest BCUT2D eigenvalue weighted by Gasteiger charge is -2.19. The van der Waals surface area contributed by atoms with Crippen molar-refractivity contribution in [3.05, 3.63) is 87.4 Å². The van der Waals surface area contributed by atoms with Crippen molar-refractivity contribution in [3.63, 3.8) is 0 Å². The van der Waals surface area contributed by atoms with Crippen molar-refractivity contribution in [1.29, 1.82) is 0 Å². The van der Waals surface area contributed by atoms with Gasteiger partial charge in [-0.05, 0) is 47.7 Å². The molecule has 6 heteroatoms. The summed E-state index contributed by atoms with van der Waals surface area (Å²) in [6, 6.07) is 15.8. The second-order valence-electron chi connectivity index (χ2n) is 8.62. The molecule has 2 aromatic carbocycles. The lowest BCUT2D eigenvalue weighted by molar-refractivity contribution is 0.340. The molecule has 0 unspecified atom stereocenters. The Morgan fingerprint density at radius 1 is 1.03 bits per heavy atom. The fourth-order valence-corrected chi connectivity index (χ4v) is 3.77. The number of halogens is 1. The van der Waals surface area contributed by atoms with Gasteiger partial charge in [-0.25, -0.2) is 4.52 Å². The molecule has 0 fully saturated rings. The molecule has 160 valence electrons. The molecule has 0 radical (unpaired) electrons. The highest BCUT2D eigenvalue weighted by Gasteiger charge is 2.14. The van der Waals surface area contributed by atoms with Crippen molar-refractivity contribution in [2.45, 2.75) is 39.7 Å². The van der Waals surface area contributed by atoms with Crippen molar-refractivity contribution in [2.75, 3.05) is 6.61 Å². The van der Waals surface area contributed by atoms with E-state index in [1.165, 1.54) is 5.56 Å². The van der Waals surface area contributed by atoms with Gasteiger partial charge in [0.2, 0.25) is 0 Å². The van der Waals surface area contributed by atoms with E-state index in [1.807, 2.05) is 25.1 Å². The Bertz CT molecular complexity index is 1280. The first-order chi connectivity index (χ1) is 14.8. The van der Waals surface area contributed by atoms with Gasteiger partial charge in [0.25, 0.3) is 5.56 Å².